The summed E-state index contributed by atoms with van der Waals surface area (Å²) in [4.78, 5) is 19.7. The lowest BCUT2D eigenvalue weighted by molar-refractivity contribution is -0.134. The van der Waals surface area contributed by atoms with Gasteiger partial charge < -0.3 is 15.0 Å². The minimum absolute atomic E-state index is 0.183. The molecule has 7 heteroatoms. The van der Waals surface area contributed by atoms with Gasteiger partial charge in [-0.3, -0.25) is 14.2 Å². The maximum Gasteiger partial charge on any atom is 0.322 e. The van der Waals surface area contributed by atoms with E-state index >= 15 is 0 Å². The van der Waals surface area contributed by atoms with Crippen LogP contribution in [-0.4, -0.2) is 36.6 Å². The van der Waals surface area contributed by atoms with Crippen molar-refractivity contribution in [1.29, 1.82) is 0 Å². The highest BCUT2D eigenvalue weighted by Crippen LogP contribution is 2.31. The lowest BCUT2D eigenvalue weighted by atomic mass is 10.1. The molecule has 7 nitrogen and oxygen atoms in total. The van der Waals surface area contributed by atoms with Crippen LogP contribution in [0.15, 0.2) is 49.1 Å². The normalized spacial score (nSPS) is 11.2. The smallest absolute Gasteiger partial charge is 0.322 e. The summed E-state index contributed by atoms with van der Waals surface area (Å²) in [6.45, 7) is 2.84. The van der Waals surface area contributed by atoms with Crippen LogP contribution >= 0.6 is 0 Å². The predicted octanol–water partition coefficient (Wildman–Crippen LogP) is 2.87. The highest BCUT2D eigenvalue weighted by atomic mass is 16.4. The van der Waals surface area contributed by atoms with Gasteiger partial charge in [0.15, 0.2) is 5.65 Å². The summed E-state index contributed by atoms with van der Waals surface area (Å²) < 4.78 is 3.99. The summed E-state index contributed by atoms with van der Waals surface area (Å²) in [6.07, 6.45) is 7.13. The number of hydrogen-bond acceptors (Lipinski definition) is 4. The zero-order valence-corrected chi connectivity index (χ0v) is 13.7. The van der Waals surface area contributed by atoms with Crippen molar-refractivity contribution in [2.45, 2.75) is 13.5 Å². The molecule has 0 aliphatic carbocycles. The van der Waals surface area contributed by atoms with Gasteiger partial charge in [-0.2, -0.15) is 0 Å². The number of nitrogens with one attached hydrogen (secondary N) is 1. The number of aliphatic carboxylic acids is 1. The predicted molar refractivity (Wildman–Crippen MR) is 95.7 cm³/mol. The van der Waals surface area contributed by atoms with E-state index in [0.717, 1.165) is 23.0 Å². The number of hydrogen-bond donors (Lipinski definition) is 2. The molecule has 3 aromatic heterocycles. The van der Waals surface area contributed by atoms with Crippen LogP contribution in [0.4, 0.5) is 5.82 Å². The Balaban J connectivity index is 1.87. The van der Waals surface area contributed by atoms with Gasteiger partial charge in [0, 0.05) is 41.6 Å². The van der Waals surface area contributed by atoms with E-state index in [4.69, 9.17) is 5.11 Å². The molecule has 0 amide bonds. The van der Waals surface area contributed by atoms with E-state index < -0.39 is 5.97 Å². The van der Waals surface area contributed by atoms with Crippen molar-refractivity contribution in [3.05, 3.63) is 49.1 Å². The van der Waals surface area contributed by atoms with Crippen LogP contribution in [0.2, 0.25) is 0 Å². The van der Waals surface area contributed by atoms with Gasteiger partial charge in [0.05, 0.1) is 6.20 Å². The maximum absolute atomic E-state index is 11.0. The maximum atomic E-state index is 11.0. The molecule has 0 spiro atoms. The zero-order chi connectivity index (χ0) is 17.4. The molecule has 0 bridgehead atoms. The van der Waals surface area contributed by atoms with Gasteiger partial charge in [0.25, 0.3) is 0 Å². The molecule has 0 saturated heterocycles. The van der Waals surface area contributed by atoms with Crippen molar-refractivity contribution < 1.29 is 9.90 Å². The molecule has 4 aromatic rings. The molecule has 0 radical (unpaired) electrons. The largest absolute Gasteiger partial charge is 0.480 e. The monoisotopic (exact) mass is 335 g/mol. The summed E-state index contributed by atoms with van der Waals surface area (Å²) >= 11 is 0. The Kier molecular flexibility index (Phi) is 3.61. The van der Waals surface area contributed by atoms with Crippen LogP contribution in [0, 0.1) is 0 Å². The number of aromatic nitrogens is 4. The average molecular weight is 335 g/mol. The van der Waals surface area contributed by atoms with E-state index in [1.165, 1.54) is 0 Å². The van der Waals surface area contributed by atoms with Crippen molar-refractivity contribution in [2.24, 2.45) is 0 Å². The van der Waals surface area contributed by atoms with Crippen molar-refractivity contribution in [1.82, 2.24) is 18.9 Å². The molecule has 4 rings (SSSR count). The lowest BCUT2D eigenvalue weighted by Crippen LogP contribution is -2.14. The fraction of sp³-hybridized carbons (Fsp3) is 0.167. The quantitative estimate of drug-likeness (QED) is 0.586. The Hall–Kier alpha value is -3.35. The van der Waals surface area contributed by atoms with Gasteiger partial charge in [0.2, 0.25) is 0 Å². The Labute approximate surface area is 143 Å². The minimum atomic E-state index is -0.926. The first-order chi connectivity index (χ1) is 12.2. The molecular formula is C18H17N5O2. The van der Waals surface area contributed by atoms with Gasteiger partial charge in [-0.1, -0.05) is 6.07 Å². The van der Waals surface area contributed by atoms with Crippen LogP contribution in [-0.2, 0) is 11.3 Å². The first kappa shape index (κ1) is 15.2. The zero-order valence-electron chi connectivity index (χ0n) is 13.7. The molecule has 0 saturated carbocycles. The van der Waals surface area contributed by atoms with Crippen molar-refractivity contribution in [3.8, 4) is 11.3 Å². The Morgan fingerprint density at radius 3 is 2.96 bits per heavy atom. The highest BCUT2D eigenvalue weighted by molar-refractivity contribution is 5.88. The number of aryl methyl sites for hydroxylation is 1. The summed E-state index contributed by atoms with van der Waals surface area (Å²) in [6, 6.07) is 8.22. The van der Waals surface area contributed by atoms with Crippen LogP contribution in [0.25, 0.3) is 27.8 Å². The highest BCUT2D eigenvalue weighted by Gasteiger charge is 2.15. The third-order valence-corrected chi connectivity index (χ3v) is 4.22. The Bertz CT molecular complexity index is 1080. The molecule has 0 aliphatic heterocycles. The van der Waals surface area contributed by atoms with Crippen LogP contribution in [0.5, 0.6) is 0 Å². The molecular weight excluding hydrogens is 318 g/mol. The molecule has 0 atom stereocenters. The van der Waals surface area contributed by atoms with E-state index in [2.05, 4.69) is 51.2 Å². The van der Waals surface area contributed by atoms with E-state index in [1.807, 2.05) is 10.5 Å². The number of carbonyl (C=O) groups is 1. The topological polar surface area (TPSA) is 84.5 Å². The summed E-state index contributed by atoms with van der Waals surface area (Å²) in [5.41, 5.74) is 3.46. The second-order valence-electron chi connectivity index (χ2n) is 5.74. The van der Waals surface area contributed by atoms with Crippen molar-refractivity contribution in [2.75, 3.05) is 11.9 Å². The summed E-state index contributed by atoms with van der Waals surface area (Å²) in [5.74, 6) is -0.278. The molecule has 2 N–H and O–H groups in total. The number of rotatable bonds is 5. The third kappa shape index (κ3) is 2.59. The molecule has 126 valence electrons. The number of carboxylic acid groups (broad SMARTS) is 1. The fourth-order valence-corrected chi connectivity index (χ4v) is 3.06. The minimum Gasteiger partial charge on any atom is -0.480 e. The van der Waals surface area contributed by atoms with Crippen molar-refractivity contribution >= 4 is 28.3 Å². The first-order valence-corrected chi connectivity index (χ1v) is 8.04. The molecule has 3 heterocycles. The van der Waals surface area contributed by atoms with Crippen LogP contribution < -0.4 is 5.32 Å². The van der Waals surface area contributed by atoms with Gasteiger partial charge >= 0.3 is 5.97 Å². The second-order valence-corrected chi connectivity index (χ2v) is 5.74. The van der Waals surface area contributed by atoms with E-state index in [9.17, 15) is 4.79 Å². The van der Waals surface area contributed by atoms with E-state index in [0.29, 0.717) is 17.2 Å². The van der Waals surface area contributed by atoms with Crippen LogP contribution in [0.3, 0.4) is 0 Å². The molecule has 25 heavy (non-hydrogen) atoms. The average Bonchev–Trinajstić information content (AvgIpc) is 3.20. The van der Waals surface area contributed by atoms with Gasteiger partial charge in [0.1, 0.15) is 18.1 Å². The summed E-state index contributed by atoms with van der Waals surface area (Å²) in [5, 5.41) is 13.1. The third-order valence-electron chi connectivity index (χ3n) is 4.22. The summed E-state index contributed by atoms with van der Waals surface area (Å²) in [7, 11) is 0. The first-order valence-electron chi connectivity index (χ1n) is 8.04. The van der Waals surface area contributed by atoms with Gasteiger partial charge in [-0.05, 0) is 25.1 Å². The van der Waals surface area contributed by atoms with Crippen LogP contribution in [0.1, 0.15) is 6.92 Å². The number of nitrogens with zero attached hydrogens (tertiary/aromatic N) is 4. The Morgan fingerprint density at radius 2 is 2.16 bits per heavy atom. The molecule has 0 aliphatic rings. The molecule has 1 aromatic carbocycles. The number of imidazole rings is 1. The molecule has 0 unspecified atom stereocenters. The second kappa shape index (κ2) is 5.94. The fourth-order valence-electron chi connectivity index (χ4n) is 3.06. The molecule has 0 fully saturated rings. The lowest BCUT2D eigenvalue weighted by Gasteiger charge is -2.07. The Morgan fingerprint density at radius 1 is 1.28 bits per heavy atom. The number of anilines is 1. The number of benzene rings is 1. The van der Waals surface area contributed by atoms with Gasteiger partial charge in [-0.25, -0.2) is 4.98 Å². The van der Waals surface area contributed by atoms with Gasteiger partial charge in [-0.15, -0.1) is 0 Å². The number of fused-ring (bicyclic) bond motifs is 2. The van der Waals surface area contributed by atoms with E-state index in [1.54, 1.807) is 18.6 Å². The standard InChI is InChI=1S/C18H17N5O2/c1-2-22-7-5-12-9-13(3-4-14(12)22)17-18(20-11-16(24)25)23-8-6-19-10-15(23)21-17/h3-10,20H,2,11H2,1H3,(H,24,25). The van der Waals surface area contributed by atoms with Crippen molar-refractivity contribution in [3.63, 3.8) is 0 Å². The van der Waals surface area contributed by atoms with E-state index in [-0.39, 0.29) is 6.54 Å². The number of carboxylic acids is 1. The SMILES string of the molecule is CCn1ccc2cc(-c3nc4cnccn4c3NCC(=O)O)ccc21.